The molecule has 1 fully saturated rings. The Morgan fingerprint density at radius 2 is 1.86 bits per heavy atom. The molecule has 0 atom stereocenters. The van der Waals surface area contributed by atoms with E-state index < -0.39 is 0 Å². The van der Waals surface area contributed by atoms with E-state index in [-0.39, 0.29) is 5.41 Å². The minimum Gasteiger partial charge on any atom is -0.465 e. The molecule has 0 radical (unpaired) electrons. The molecule has 1 saturated heterocycles. The lowest BCUT2D eigenvalue weighted by Crippen LogP contribution is -2.41. The molecule has 22 heavy (non-hydrogen) atoms. The molecule has 0 saturated carbocycles. The van der Waals surface area contributed by atoms with Crippen LogP contribution in [0.3, 0.4) is 0 Å². The van der Waals surface area contributed by atoms with E-state index in [0.29, 0.717) is 0 Å². The molecule has 1 aromatic carbocycles. The summed E-state index contributed by atoms with van der Waals surface area (Å²) in [6, 6.07) is 14.9. The Labute approximate surface area is 132 Å². The number of aryl methyl sites for hydroxylation is 2. The van der Waals surface area contributed by atoms with Crippen molar-refractivity contribution in [3.63, 3.8) is 0 Å². The zero-order valence-electron chi connectivity index (χ0n) is 13.3. The lowest BCUT2D eigenvalue weighted by atomic mass is 9.74. The zero-order valence-corrected chi connectivity index (χ0v) is 13.3. The van der Waals surface area contributed by atoms with E-state index in [9.17, 15) is 5.26 Å². The van der Waals surface area contributed by atoms with Crippen molar-refractivity contribution in [2.45, 2.75) is 38.6 Å². The highest BCUT2D eigenvalue weighted by molar-refractivity contribution is 5.33. The van der Waals surface area contributed by atoms with Crippen LogP contribution in [0, 0.1) is 25.2 Å². The van der Waals surface area contributed by atoms with Crippen LogP contribution in [-0.4, -0.2) is 18.0 Å². The molecular formula is C19H22N2O. The van der Waals surface area contributed by atoms with Gasteiger partial charge in [-0.15, -0.1) is 0 Å². The number of benzene rings is 1. The van der Waals surface area contributed by atoms with E-state index in [1.165, 1.54) is 5.56 Å². The van der Waals surface area contributed by atoms with Crippen LogP contribution in [0.4, 0.5) is 0 Å². The Hall–Kier alpha value is -2.05. The van der Waals surface area contributed by atoms with Gasteiger partial charge in [-0.25, -0.2) is 0 Å². The van der Waals surface area contributed by atoms with Gasteiger partial charge in [0.1, 0.15) is 11.5 Å². The molecule has 2 heterocycles. The smallest absolute Gasteiger partial charge is 0.118 e. The Morgan fingerprint density at radius 3 is 2.41 bits per heavy atom. The van der Waals surface area contributed by atoms with Crippen molar-refractivity contribution in [1.82, 2.24) is 4.90 Å². The number of likely N-dealkylation sites (tertiary alicyclic amines) is 1. The maximum absolute atomic E-state index is 9.72. The van der Waals surface area contributed by atoms with Gasteiger partial charge in [-0.2, -0.15) is 5.26 Å². The van der Waals surface area contributed by atoms with Gasteiger partial charge < -0.3 is 4.42 Å². The van der Waals surface area contributed by atoms with Gasteiger partial charge in [-0.05, 0) is 43.9 Å². The number of nitrogens with zero attached hydrogens (tertiary/aromatic N) is 2. The summed E-state index contributed by atoms with van der Waals surface area (Å²) in [5.74, 6) is 2.03. The largest absolute Gasteiger partial charge is 0.465 e. The van der Waals surface area contributed by atoms with Gasteiger partial charge in [0, 0.05) is 13.1 Å². The SMILES string of the molecule is Cc1cc(CN2CCC(C#N)(c3ccccc3)CC2)oc1C. The average Bonchev–Trinajstić information content (AvgIpc) is 2.87. The fourth-order valence-corrected chi connectivity index (χ4v) is 3.26. The first-order chi connectivity index (χ1) is 10.6. The van der Waals surface area contributed by atoms with Crippen LogP contribution in [0.5, 0.6) is 0 Å². The summed E-state index contributed by atoms with van der Waals surface area (Å²) in [5, 5.41) is 9.72. The van der Waals surface area contributed by atoms with Crippen LogP contribution in [0.2, 0.25) is 0 Å². The van der Waals surface area contributed by atoms with Crippen LogP contribution in [-0.2, 0) is 12.0 Å². The molecule has 1 aliphatic heterocycles. The third-order valence-corrected chi connectivity index (χ3v) is 4.85. The van der Waals surface area contributed by atoms with Crippen LogP contribution in [0.1, 0.15) is 35.5 Å². The predicted molar refractivity (Wildman–Crippen MR) is 86.4 cm³/mol. The number of piperidine rings is 1. The van der Waals surface area contributed by atoms with Gasteiger partial charge in [0.2, 0.25) is 0 Å². The molecule has 1 aromatic heterocycles. The summed E-state index contributed by atoms with van der Waals surface area (Å²) in [6.07, 6.45) is 1.76. The Morgan fingerprint density at radius 1 is 1.18 bits per heavy atom. The highest BCUT2D eigenvalue weighted by Crippen LogP contribution is 2.35. The molecule has 1 aliphatic rings. The van der Waals surface area contributed by atoms with Crippen LogP contribution < -0.4 is 0 Å². The van der Waals surface area contributed by atoms with E-state index in [0.717, 1.165) is 49.6 Å². The van der Waals surface area contributed by atoms with Gasteiger partial charge in [-0.1, -0.05) is 30.3 Å². The Bertz CT molecular complexity index is 654. The molecular weight excluding hydrogens is 272 g/mol. The minimum absolute atomic E-state index is 0.327. The molecule has 0 bridgehead atoms. The van der Waals surface area contributed by atoms with Gasteiger partial charge in [0.15, 0.2) is 0 Å². The number of nitriles is 1. The van der Waals surface area contributed by atoms with Crippen molar-refractivity contribution in [2.75, 3.05) is 13.1 Å². The first kappa shape index (κ1) is 14.9. The highest BCUT2D eigenvalue weighted by Gasteiger charge is 2.36. The fraction of sp³-hybridized carbons (Fsp3) is 0.421. The van der Waals surface area contributed by atoms with E-state index in [4.69, 9.17) is 4.42 Å². The predicted octanol–water partition coefficient (Wildman–Crippen LogP) is 3.95. The summed E-state index contributed by atoms with van der Waals surface area (Å²) >= 11 is 0. The van der Waals surface area contributed by atoms with Crippen molar-refractivity contribution in [1.29, 1.82) is 5.26 Å². The molecule has 114 valence electrons. The summed E-state index contributed by atoms with van der Waals surface area (Å²) < 4.78 is 5.77. The zero-order chi connectivity index (χ0) is 15.6. The van der Waals surface area contributed by atoms with Gasteiger partial charge in [0.05, 0.1) is 18.0 Å². The fourth-order valence-electron chi connectivity index (χ4n) is 3.26. The Kier molecular flexibility index (Phi) is 4.04. The lowest BCUT2D eigenvalue weighted by molar-refractivity contribution is 0.167. The summed E-state index contributed by atoms with van der Waals surface area (Å²) in [6.45, 7) is 6.78. The van der Waals surface area contributed by atoms with Crippen molar-refractivity contribution >= 4 is 0 Å². The average molecular weight is 294 g/mol. The third-order valence-electron chi connectivity index (χ3n) is 4.85. The number of hydrogen-bond donors (Lipinski definition) is 0. The number of rotatable bonds is 3. The van der Waals surface area contributed by atoms with E-state index in [1.807, 2.05) is 25.1 Å². The first-order valence-electron chi connectivity index (χ1n) is 7.88. The molecule has 3 rings (SSSR count). The molecule has 0 unspecified atom stereocenters. The standard InChI is InChI=1S/C19H22N2O/c1-15-12-18(22-16(15)2)13-21-10-8-19(14-20,9-11-21)17-6-4-3-5-7-17/h3-7,12H,8-11,13H2,1-2H3. The monoisotopic (exact) mass is 294 g/mol. The van der Waals surface area contributed by atoms with Crippen LogP contribution >= 0.6 is 0 Å². The van der Waals surface area contributed by atoms with Crippen molar-refractivity contribution in [3.05, 3.63) is 59.0 Å². The van der Waals surface area contributed by atoms with E-state index in [2.05, 4.69) is 36.1 Å². The number of hydrogen-bond acceptors (Lipinski definition) is 3. The second kappa shape index (κ2) is 5.98. The topological polar surface area (TPSA) is 40.2 Å². The molecule has 0 amide bonds. The van der Waals surface area contributed by atoms with Gasteiger partial charge >= 0.3 is 0 Å². The minimum atomic E-state index is -0.327. The van der Waals surface area contributed by atoms with Crippen molar-refractivity contribution < 1.29 is 4.42 Å². The highest BCUT2D eigenvalue weighted by atomic mass is 16.3. The molecule has 0 N–H and O–H groups in total. The second-order valence-electron chi connectivity index (χ2n) is 6.29. The number of furan rings is 1. The quantitative estimate of drug-likeness (QED) is 0.860. The molecule has 0 spiro atoms. The Balaban J connectivity index is 1.68. The normalized spacial score (nSPS) is 18.0. The van der Waals surface area contributed by atoms with Crippen LogP contribution in [0.25, 0.3) is 0 Å². The van der Waals surface area contributed by atoms with Gasteiger partial charge in [0.25, 0.3) is 0 Å². The van der Waals surface area contributed by atoms with E-state index >= 15 is 0 Å². The molecule has 2 aromatic rings. The summed E-state index contributed by atoms with van der Waals surface area (Å²) in [5.41, 5.74) is 2.04. The second-order valence-corrected chi connectivity index (χ2v) is 6.29. The van der Waals surface area contributed by atoms with Crippen molar-refractivity contribution in [3.8, 4) is 6.07 Å². The first-order valence-corrected chi connectivity index (χ1v) is 7.88. The van der Waals surface area contributed by atoms with E-state index in [1.54, 1.807) is 0 Å². The third kappa shape index (κ3) is 2.80. The maximum Gasteiger partial charge on any atom is 0.118 e. The molecule has 3 nitrogen and oxygen atoms in total. The lowest BCUT2D eigenvalue weighted by Gasteiger charge is -2.37. The summed E-state index contributed by atoms with van der Waals surface area (Å²) in [4.78, 5) is 2.39. The maximum atomic E-state index is 9.72. The molecule has 0 aliphatic carbocycles. The van der Waals surface area contributed by atoms with Gasteiger partial charge in [-0.3, -0.25) is 4.90 Å². The molecule has 3 heteroatoms. The summed E-state index contributed by atoms with van der Waals surface area (Å²) in [7, 11) is 0. The van der Waals surface area contributed by atoms with Crippen LogP contribution in [0.15, 0.2) is 40.8 Å². The van der Waals surface area contributed by atoms with Crippen molar-refractivity contribution in [2.24, 2.45) is 0 Å².